The van der Waals surface area contributed by atoms with E-state index in [4.69, 9.17) is 0 Å². The van der Waals surface area contributed by atoms with Gasteiger partial charge in [-0.25, -0.2) is 0 Å². The predicted molar refractivity (Wildman–Crippen MR) is 219 cm³/mol. The Balaban J connectivity index is 1.22. The van der Waals surface area contributed by atoms with Gasteiger partial charge in [-0.1, -0.05) is 176 Å². The molecule has 244 valence electrons. The second-order valence-corrected chi connectivity index (χ2v) is 13.7. The third-order valence-electron chi connectivity index (χ3n) is 10.9. The lowest BCUT2D eigenvalue weighted by atomic mass is 9.67. The highest BCUT2D eigenvalue weighted by molar-refractivity contribution is 6.08. The van der Waals surface area contributed by atoms with Gasteiger partial charge in [-0.05, 0) is 102 Å². The maximum absolute atomic E-state index is 2.45. The second-order valence-electron chi connectivity index (χ2n) is 13.7. The van der Waals surface area contributed by atoms with Crippen LogP contribution in [0.2, 0.25) is 0 Å². The molecule has 0 radical (unpaired) electrons. The zero-order chi connectivity index (χ0) is 34.5. The molecular formula is C51H35N. The van der Waals surface area contributed by atoms with Gasteiger partial charge in [0.15, 0.2) is 0 Å². The summed E-state index contributed by atoms with van der Waals surface area (Å²) in [6.07, 6.45) is 0. The number of hydrogen-bond donors (Lipinski definition) is 0. The van der Waals surface area contributed by atoms with Gasteiger partial charge in [0, 0.05) is 17.1 Å². The Labute approximate surface area is 304 Å². The molecule has 0 saturated heterocycles. The normalized spacial score (nSPS) is 12.8. The minimum Gasteiger partial charge on any atom is -0.310 e. The van der Waals surface area contributed by atoms with E-state index in [-0.39, 0.29) is 0 Å². The van der Waals surface area contributed by atoms with E-state index in [1.54, 1.807) is 0 Å². The molecule has 0 amide bonds. The summed E-state index contributed by atoms with van der Waals surface area (Å²) in [5, 5.41) is 5.01. The van der Waals surface area contributed by atoms with E-state index in [2.05, 4.69) is 217 Å². The molecule has 1 aliphatic rings. The molecule has 52 heavy (non-hydrogen) atoms. The fourth-order valence-electron chi connectivity index (χ4n) is 8.59. The van der Waals surface area contributed by atoms with Gasteiger partial charge in [0.25, 0.3) is 0 Å². The summed E-state index contributed by atoms with van der Waals surface area (Å²) < 4.78 is 0. The molecule has 1 nitrogen and oxygen atoms in total. The lowest BCUT2D eigenvalue weighted by Crippen LogP contribution is -2.28. The topological polar surface area (TPSA) is 3.24 Å². The van der Waals surface area contributed by atoms with E-state index in [0.717, 1.165) is 17.1 Å². The highest BCUT2D eigenvalue weighted by Crippen LogP contribution is 2.57. The van der Waals surface area contributed by atoms with Gasteiger partial charge in [0.2, 0.25) is 0 Å². The molecule has 0 fully saturated rings. The van der Waals surface area contributed by atoms with Crippen LogP contribution in [0.4, 0.5) is 17.1 Å². The first kappa shape index (κ1) is 30.2. The molecule has 9 aromatic rings. The molecule has 0 heterocycles. The van der Waals surface area contributed by atoms with Crippen molar-refractivity contribution in [3.8, 4) is 22.3 Å². The van der Waals surface area contributed by atoms with Crippen molar-refractivity contribution in [3.63, 3.8) is 0 Å². The highest BCUT2D eigenvalue weighted by Gasteiger charge is 2.46. The summed E-state index contributed by atoms with van der Waals surface area (Å²) in [6, 6.07) is 77.8. The van der Waals surface area contributed by atoms with Gasteiger partial charge >= 0.3 is 0 Å². The monoisotopic (exact) mass is 661 g/mol. The zero-order valence-corrected chi connectivity index (χ0v) is 28.7. The largest absolute Gasteiger partial charge is 0.310 e. The quantitative estimate of drug-likeness (QED) is 0.160. The number of nitrogens with zero attached hydrogens (tertiary/aromatic N) is 1. The maximum atomic E-state index is 2.45. The first-order chi connectivity index (χ1) is 25.8. The first-order valence-corrected chi connectivity index (χ1v) is 18.0. The van der Waals surface area contributed by atoms with Crippen LogP contribution in [-0.4, -0.2) is 0 Å². The summed E-state index contributed by atoms with van der Waals surface area (Å²) in [5.41, 5.74) is 13.0. The van der Waals surface area contributed by atoms with Gasteiger partial charge in [0.05, 0.1) is 5.41 Å². The van der Waals surface area contributed by atoms with E-state index in [9.17, 15) is 0 Å². The molecule has 0 spiro atoms. The minimum atomic E-state index is -0.477. The summed E-state index contributed by atoms with van der Waals surface area (Å²) in [4.78, 5) is 2.42. The van der Waals surface area contributed by atoms with Crippen LogP contribution < -0.4 is 4.90 Å². The SMILES string of the molecule is c1ccc(-c2ccc(N(c3ccc4c(c3)C(c3ccccc3)(c3ccccc3)c3ccccc3-4)c3ccc4c(ccc5ccccc54)c3)cc2)cc1. The molecule has 0 aliphatic heterocycles. The molecule has 0 unspecified atom stereocenters. The molecule has 0 atom stereocenters. The first-order valence-electron chi connectivity index (χ1n) is 18.0. The zero-order valence-electron chi connectivity index (χ0n) is 28.7. The Kier molecular flexibility index (Phi) is 7.11. The van der Waals surface area contributed by atoms with Gasteiger partial charge in [-0.15, -0.1) is 0 Å². The van der Waals surface area contributed by atoms with Crippen molar-refractivity contribution in [2.24, 2.45) is 0 Å². The van der Waals surface area contributed by atoms with Crippen molar-refractivity contribution in [3.05, 3.63) is 235 Å². The van der Waals surface area contributed by atoms with Crippen LogP contribution in [-0.2, 0) is 5.41 Å². The molecule has 0 bridgehead atoms. The van der Waals surface area contributed by atoms with Gasteiger partial charge < -0.3 is 4.90 Å². The van der Waals surface area contributed by atoms with Crippen LogP contribution in [0, 0.1) is 0 Å². The summed E-state index contributed by atoms with van der Waals surface area (Å²) in [6.45, 7) is 0. The van der Waals surface area contributed by atoms with Crippen LogP contribution in [0.25, 0.3) is 43.8 Å². The number of hydrogen-bond acceptors (Lipinski definition) is 1. The number of rotatable bonds is 6. The van der Waals surface area contributed by atoms with Crippen molar-refractivity contribution in [1.82, 2.24) is 0 Å². The Morgan fingerprint density at radius 1 is 0.308 bits per heavy atom. The second kappa shape index (κ2) is 12.3. The number of fused-ring (bicyclic) bond motifs is 6. The van der Waals surface area contributed by atoms with Crippen molar-refractivity contribution in [2.75, 3.05) is 4.90 Å². The Bertz CT molecular complexity index is 2670. The van der Waals surface area contributed by atoms with E-state index in [1.165, 1.54) is 66.1 Å². The third-order valence-corrected chi connectivity index (χ3v) is 10.9. The van der Waals surface area contributed by atoms with Gasteiger partial charge in [0.1, 0.15) is 0 Å². The van der Waals surface area contributed by atoms with Gasteiger partial charge in [-0.2, -0.15) is 0 Å². The minimum absolute atomic E-state index is 0.477. The van der Waals surface area contributed by atoms with Crippen molar-refractivity contribution in [2.45, 2.75) is 5.41 Å². The average Bonchev–Trinajstić information content (AvgIpc) is 3.52. The molecule has 1 heteroatoms. The lowest BCUT2D eigenvalue weighted by molar-refractivity contribution is 0.768. The van der Waals surface area contributed by atoms with Crippen LogP contribution in [0.5, 0.6) is 0 Å². The highest BCUT2D eigenvalue weighted by atomic mass is 15.1. The van der Waals surface area contributed by atoms with E-state index < -0.39 is 5.41 Å². The molecule has 0 aromatic heterocycles. The smallest absolute Gasteiger partial charge is 0.0714 e. The molecule has 10 rings (SSSR count). The van der Waals surface area contributed by atoms with E-state index in [0.29, 0.717) is 0 Å². The fourth-order valence-corrected chi connectivity index (χ4v) is 8.59. The summed E-state index contributed by atoms with van der Waals surface area (Å²) >= 11 is 0. The van der Waals surface area contributed by atoms with Crippen molar-refractivity contribution < 1.29 is 0 Å². The lowest BCUT2D eigenvalue weighted by Gasteiger charge is -2.35. The maximum Gasteiger partial charge on any atom is 0.0714 e. The Hall–Kier alpha value is -6.70. The number of anilines is 3. The van der Waals surface area contributed by atoms with Crippen molar-refractivity contribution in [1.29, 1.82) is 0 Å². The van der Waals surface area contributed by atoms with Crippen LogP contribution in [0.3, 0.4) is 0 Å². The van der Waals surface area contributed by atoms with Gasteiger partial charge in [-0.3, -0.25) is 0 Å². The number of benzene rings is 9. The van der Waals surface area contributed by atoms with Crippen LogP contribution >= 0.6 is 0 Å². The predicted octanol–water partition coefficient (Wildman–Crippen LogP) is 13.5. The van der Waals surface area contributed by atoms with Crippen LogP contribution in [0.1, 0.15) is 22.3 Å². The molecule has 9 aromatic carbocycles. The summed E-state index contributed by atoms with van der Waals surface area (Å²) in [5.74, 6) is 0. The fraction of sp³-hybridized carbons (Fsp3) is 0.0196. The summed E-state index contributed by atoms with van der Waals surface area (Å²) in [7, 11) is 0. The average molecular weight is 662 g/mol. The molecule has 0 saturated carbocycles. The Morgan fingerprint density at radius 3 is 1.58 bits per heavy atom. The molecule has 1 aliphatic carbocycles. The van der Waals surface area contributed by atoms with E-state index in [1.807, 2.05) is 0 Å². The Morgan fingerprint density at radius 2 is 0.827 bits per heavy atom. The standard InChI is InChI=1S/C51H35N/c1-4-14-36(15-5-1)37-26-28-42(29-27-37)52(43-30-32-46-39(34-43)25-24-38-16-10-11-21-45(38)46)44-31-33-48-47-22-12-13-23-49(47)51(50(48)35-44,40-17-6-2-7-18-40)41-19-8-3-9-20-41/h1-35H. The molecule has 0 N–H and O–H groups in total. The van der Waals surface area contributed by atoms with Crippen LogP contribution in [0.15, 0.2) is 212 Å². The molecular weight excluding hydrogens is 627 g/mol. The third kappa shape index (κ3) is 4.71. The van der Waals surface area contributed by atoms with Crippen molar-refractivity contribution >= 4 is 38.6 Å². The van der Waals surface area contributed by atoms with E-state index >= 15 is 0 Å².